The predicted octanol–water partition coefficient (Wildman–Crippen LogP) is -3.26. The number of primary amides is 1. The zero-order valence-electron chi connectivity index (χ0n) is 14.5. The standard InChI is InChI=1S/C14H15N7O6S.Na.H/c1-5(22)19-2-6-9-11(19)12(24)21(9)10(13(25)26)7(27-6)4-28-14-16-17-18-20(14)3-8(15)23;;/h6,9,11H,2-4H2,1H3,(H2,15,23)(H,25,26);;/t6-,9-,11+;;/m1../s1. The number of carbonyl (C=O) groups excluding carboxylic acids is 3. The molecule has 0 spiro atoms. The SMILES string of the molecule is CC(=O)N1C[C@H]2OC(CSc3nnnn3CC(N)=O)=C(C(=O)O)N3C(=O)[C@@H]1[C@@H]23.[NaH]. The van der Waals surface area contributed by atoms with Crippen LogP contribution in [-0.2, 0) is 30.5 Å². The summed E-state index contributed by atoms with van der Waals surface area (Å²) in [7, 11) is 0. The number of nitrogens with zero attached hydrogens (tertiary/aromatic N) is 6. The Morgan fingerprint density at radius 3 is 2.72 bits per heavy atom. The molecule has 3 atom stereocenters. The van der Waals surface area contributed by atoms with Crippen molar-refractivity contribution in [2.45, 2.75) is 36.8 Å². The van der Waals surface area contributed by atoms with E-state index in [4.69, 9.17) is 10.5 Å². The fourth-order valence-corrected chi connectivity index (χ4v) is 4.47. The van der Waals surface area contributed by atoms with Gasteiger partial charge in [-0.1, -0.05) is 11.8 Å². The molecule has 1 aromatic heterocycles. The van der Waals surface area contributed by atoms with Crippen LogP contribution in [0.1, 0.15) is 6.92 Å². The van der Waals surface area contributed by atoms with Crippen LogP contribution in [0.3, 0.4) is 0 Å². The first kappa shape index (κ1) is 21.5. The van der Waals surface area contributed by atoms with Gasteiger partial charge in [0.25, 0.3) is 5.91 Å². The summed E-state index contributed by atoms with van der Waals surface area (Å²) < 4.78 is 7.03. The minimum absolute atomic E-state index is 0. The molecule has 0 aromatic carbocycles. The number of nitrogens with two attached hydrogens (primary N) is 1. The Kier molecular flexibility index (Phi) is 5.89. The second-order valence-corrected chi connectivity index (χ2v) is 7.36. The van der Waals surface area contributed by atoms with Gasteiger partial charge in [-0.3, -0.25) is 19.3 Å². The third kappa shape index (κ3) is 3.49. The van der Waals surface area contributed by atoms with Gasteiger partial charge in [-0.25, -0.2) is 9.48 Å². The number of tetrazole rings is 1. The van der Waals surface area contributed by atoms with Crippen molar-refractivity contribution in [2.75, 3.05) is 12.3 Å². The van der Waals surface area contributed by atoms with Gasteiger partial charge in [0.05, 0.1) is 12.3 Å². The summed E-state index contributed by atoms with van der Waals surface area (Å²) in [6.45, 7) is 1.33. The van der Waals surface area contributed by atoms with Gasteiger partial charge < -0.3 is 20.5 Å². The number of ether oxygens (including phenoxy) is 1. The second-order valence-electron chi connectivity index (χ2n) is 6.42. The molecule has 1 aromatic rings. The normalized spacial score (nSPS) is 24.4. The number of carboxylic acid groups (broad SMARTS) is 1. The summed E-state index contributed by atoms with van der Waals surface area (Å²) >= 11 is 1.04. The first-order chi connectivity index (χ1) is 13.3. The van der Waals surface area contributed by atoms with E-state index in [2.05, 4.69) is 15.5 Å². The molecule has 0 aliphatic carbocycles. The maximum atomic E-state index is 12.5. The van der Waals surface area contributed by atoms with Crippen molar-refractivity contribution >= 4 is 65.0 Å². The summed E-state index contributed by atoms with van der Waals surface area (Å²) in [5.41, 5.74) is 4.88. The summed E-state index contributed by atoms with van der Waals surface area (Å²) in [5.74, 6) is -2.57. The van der Waals surface area contributed by atoms with Crippen LogP contribution in [0.5, 0.6) is 0 Å². The van der Waals surface area contributed by atoms with E-state index in [1.807, 2.05) is 0 Å². The van der Waals surface area contributed by atoms with Crippen LogP contribution >= 0.6 is 11.8 Å². The van der Waals surface area contributed by atoms with Gasteiger partial charge in [-0.15, -0.1) is 5.10 Å². The number of amides is 3. The van der Waals surface area contributed by atoms with E-state index in [1.165, 1.54) is 21.4 Å². The Labute approximate surface area is 189 Å². The van der Waals surface area contributed by atoms with E-state index in [-0.39, 0.29) is 70.9 Å². The molecule has 4 heterocycles. The fourth-order valence-electron chi connectivity index (χ4n) is 3.66. The van der Waals surface area contributed by atoms with Crippen LogP contribution < -0.4 is 5.73 Å². The zero-order chi connectivity index (χ0) is 20.2. The quantitative estimate of drug-likeness (QED) is 0.263. The van der Waals surface area contributed by atoms with Crippen molar-refractivity contribution in [3.05, 3.63) is 11.5 Å². The maximum absolute atomic E-state index is 12.5. The summed E-state index contributed by atoms with van der Waals surface area (Å²) in [6.07, 6.45) is -0.507. The van der Waals surface area contributed by atoms with E-state index in [0.29, 0.717) is 0 Å². The van der Waals surface area contributed by atoms with E-state index in [1.54, 1.807) is 0 Å². The Bertz CT molecular complexity index is 935. The molecule has 3 amide bonds. The summed E-state index contributed by atoms with van der Waals surface area (Å²) in [5, 5.41) is 20.7. The molecule has 4 rings (SSSR count). The van der Waals surface area contributed by atoms with Crippen LogP contribution in [0, 0.1) is 0 Å². The Morgan fingerprint density at radius 2 is 2.10 bits per heavy atom. The summed E-state index contributed by atoms with van der Waals surface area (Å²) in [6, 6.07) is -1.19. The van der Waals surface area contributed by atoms with E-state index >= 15 is 0 Å². The molecule has 0 bridgehead atoms. The van der Waals surface area contributed by atoms with Crippen LogP contribution in [-0.4, -0.2) is 119 Å². The monoisotopic (exact) mass is 433 g/mol. The van der Waals surface area contributed by atoms with Crippen LogP contribution in [0.25, 0.3) is 0 Å². The molecule has 3 aliphatic heterocycles. The average molecular weight is 433 g/mol. The van der Waals surface area contributed by atoms with Crippen molar-refractivity contribution in [2.24, 2.45) is 5.73 Å². The number of thioether (sulfide) groups is 1. The van der Waals surface area contributed by atoms with E-state index in [0.717, 1.165) is 11.8 Å². The topological polar surface area (TPSA) is 174 Å². The molecular formula is C14H16N7NaO6S. The van der Waals surface area contributed by atoms with Gasteiger partial charge in [0.15, 0.2) is 5.70 Å². The van der Waals surface area contributed by atoms with E-state index in [9.17, 15) is 24.3 Å². The molecule has 2 fully saturated rings. The number of aliphatic carboxylic acids is 1. The van der Waals surface area contributed by atoms with Crippen molar-refractivity contribution < 1.29 is 29.0 Å². The molecule has 0 saturated carbocycles. The second kappa shape index (κ2) is 7.93. The molecule has 0 unspecified atom stereocenters. The number of aromatic nitrogens is 4. The predicted molar refractivity (Wildman–Crippen MR) is 96.2 cm³/mol. The fraction of sp³-hybridized carbons (Fsp3) is 0.500. The molecule has 3 N–H and O–H groups in total. The first-order valence-corrected chi connectivity index (χ1v) is 9.18. The Morgan fingerprint density at radius 1 is 1.38 bits per heavy atom. The molecule has 13 nitrogen and oxygen atoms in total. The van der Waals surface area contributed by atoms with Gasteiger partial charge in [-0.2, -0.15) is 0 Å². The Balaban J connectivity index is 0.00000240. The van der Waals surface area contributed by atoms with Crippen LogP contribution in [0.15, 0.2) is 16.6 Å². The average Bonchev–Trinajstić information content (AvgIpc) is 3.20. The van der Waals surface area contributed by atoms with Crippen LogP contribution in [0.4, 0.5) is 0 Å². The molecule has 2 saturated heterocycles. The van der Waals surface area contributed by atoms with Crippen molar-refractivity contribution in [1.29, 1.82) is 0 Å². The van der Waals surface area contributed by atoms with Gasteiger partial charge in [0.1, 0.15) is 30.5 Å². The first-order valence-electron chi connectivity index (χ1n) is 8.20. The number of hydrogen-bond donors (Lipinski definition) is 2. The van der Waals surface area contributed by atoms with Gasteiger partial charge in [0.2, 0.25) is 17.0 Å². The number of likely N-dealkylation sites (tertiary alicyclic amines) is 1. The molecule has 3 aliphatic rings. The third-order valence-corrected chi connectivity index (χ3v) is 5.71. The van der Waals surface area contributed by atoms with Crippen molar-refractivity contribution in [3.8, 4) is 0 Å². The van der Waals surface area contributed by atoms with Gasteiger partial charge in [-0.05, 0) is 10.4 Å². The Hall–Kier alpha value is -2.16. The zero-order valence-corrected chi connectivity index (χ0v) is 15.3. The van der Waals surface area contributed by atoms with Crippen molar-refractivity contribution in [1.82, 2.24) is 30.0 Å². The molecular weight excluding hydrogens is 417 g/mol. The number of carboxylic acids is 1. The number of hydrogen-bond acceptors (Lipinski definition) is 9. The number of β-lactam (4-membered cyclic amide) rings is 1. The van der Waals surface area contributed by atoms with Gasteiger partial charge in [0, 0.05) is 6.92 Å². The number of rotatable bonds is 6. The van der Waals surface area contributed by atoms with Gasteiger partial charge >= 0.3 is 35.5 Å². The molecule has 29 heavy (non-hydrogen) atoms. The molecule has 0 radical (unpaired) electrons. The number of carbonyl (C=O) groups is 4. The van der Waals surface area contributed by atoms with Crippen LogP contribution in [0.2, 0.25) is 0 Å². The summed E-state index contributed by atoms with van der Waals surface area (Å²) in [4.78, 5) is 49.7. The molecule has 15 heteroatoms. The van der Waals surface area contributed by atoms with E-state index < -0.39 is 36.0 Å². The van der Waals surface area contributed by atoms with Crippen molar-refractivity contribution in [3.63, 3.8) is 0 Å². The third-order valence-electron chi connectivity index (χ3n) is 4.75. The molecule has 150 valence electrons. The minimum atomic E-state index is -1.31.